The molecule has 0 aliphatic carbocycles. The zero-order valence-electron chi connectivity index (χ0n) is 10.6. The molecule has 0 spiro atoms. The van der Waals surface area contributed by atoms with Crippen LogP contribution < -0.4 is 10.6 Å². The van der Waals surface area contributed by atoms with Crippen LogP contribution in [0.2, 0.25) is 0 Å². The lowest BCUT2D eigenvalue weighted by atomic mass is 10.0. The predicted molar refractivity (Wildman–Crippen MR) is 61.2 cm³/mol. The van der Waals surface area contributed by atoms with Crippen LogP contribution >= 0.6 is 0 Å². The number of nitrogens with one attached hydrogen (secondary N) is 2. The Hall–Kier alpha value is -0.120. The summed E-state index contributed by atoms with van der Waals surface area (Å²) in [5, 5.41) is 16.3. The van der Waals surface area contributed by atoms with Gasteiger partial charge in [-0.2, -0.15) is 0 Å². The van der Waals surface area contributed by atoms with Crippen LogP contribution in [0.25, 0.3) is 0 Å². The first-order valence-corrected chi connectivity index (χ1v) is 5.25. The molecule has 1 unspecified atom stereocenters. The van der Waals surface area contributed by atoms with Crippen LogP contribution in [0.1, 0.15) is 48.5 Å². The minimum absolute atomic E-state index is 0.0000926. The van der Waals surface area contributed by atoms with Gasteiger partial charge in [-0.1, -0.05) is 0 Å². The Bertz CT molecular complexity index is 149. The maximum atomic E-state index is 9.61. The first kappa shape index (κ1) is 13.9. The van der Waals surface area contributed by atoms with Crippen molar-refractivity contribution < 1.29 is 5.11 Å². The lowest BCUT2D eigenvalue weighted by Crippen LogP contribution is -2.60. The summed E-state index contributed by atoms with van der Waals surface area (Å²) in [5.41, 5.74) is -0.000185. The summed E-state index contributed by atoms with van der Waals surface area (Å²) in [6.07, 6.45) is -0.483. The van der Waals surface area contributed by atoms with Gasteiger partial charge in [0.25, 0.3) is 0 Å². The Morgan fingerprint density at radius 2 is 1.14 bits per heavy atom. The molecule has 0 aromatic rings. The normalized spacial score (nSPS) is 16.1. The Kier molecular flexibility index (Phi) is 4.56. The molecule has 0 rings (SSSR count). The first-order chi connectivity index (χ1) is 6.01. The molecule has 0 aliphatic rings. The van der Waals surface area contributed by atoms with E-state index in [1.165, 1.54) is 0 Å². The van der Waals surface area contributed by atoms with Gasteiger partial charge < -0.3 is 5.11 Å². The third-order valence-electron chi connectivity index (χ3n) is 1.66. The minimum atomic E-state index is -0.409. The molecule has 3 N–H and O–H groups in total. The van der Waals surface area contributed by atoms with E-state index < -0.39 is 6.10 Å². The largest absolute Gasteiger partial charge is 0.390 e. The fourth-order valence-electron chi connectivity index (χ4n) is 1.21. The lowest BCUT2D eigenvalue weighted by Gasteiger charge is -2.36. The van der Waals surface area contributed by atoms with Gasteiger partial charge >= 0.3 is 0 Å². The third kappa shape index (κ3) is 7.30. The molecule has 0 amide bonds. The van der Waals surface area contributed by atoms with Crippen LogP contribution in [-0.2, 0) is 0 Å². The summed E-state index contributed by atoms with van der Waals surface area (Å²) in [7, 11) is 0. The van der Waals surface area contributed by atoms with Crippen molar-refractivity contribution in [2.75, 3.05) is 0 Å². The first-order valence-electron chi connectivity index (χ1n) is 5.25. The Morgan fingerprint density at radius 3 is 1.29 bits per heavy atom. The molecule has 0 heterocycles. The summed E-state index contributed by atoms with van der Waals surface area (Å²) in [4.78, 5) is 0. The average molecular weight is 202 g/mol. The van der Waals surface area contributed by atoms with Crippen molar-refractivity contribution in [3.05, 3.63) is 0 Å². The monoisotopic (exact) mass is 202 g/mol. The maximum absolute atomic E-state index is 9.61. The number of hydrogen-bond donors (Lipinski definition) is 3. The van der Waals surface area contributed by atoms with E-state index >= 15 is 0 Å². The van der Waals surface area contributed by atoms with Gasteiger partial charge in [-0.05, 0) is 48.5 Å². The van der Waals surface area contributed by atoms with Gasteiger partial charge in [0.05, 0.1) is 12.3 Å². The topological polar surface area (TPSA) is 44.3 Å². The predicted octanol–water partition coefficient (Wildman–Crippen LogP) is 1.47. The molecule has 0 aromatic carbocycles. The molecule has 86 valence electrons. The third-order valence-corrected chi connectivity index (χ3v) is 1.66. The van der Waals surface area contributed by atoms with Crippen molar-refractivity contribution in [1.29, 1.82) is 0 Å². The summed E-state index contributed by atoms with van der Waals surface area (Å²) in [6.45, 7) is 14.3. The van der Waals surface area contributed by atoms with Crippen molar-refractivity contribution in [1.82, 2.24) is 10.6 Å². The zero-order valence-corrected chi connectivity index (χ0v) is 10.6. The number of aliphatic hydroxyl groups excluding tert-OH is 1. The van der Waals surface area contributed by atoms with Gasteiger partial charge in [0.1, 0.15) is 0 Å². The smallest absolute Gasteiger partial charge is 0.0844 e. The molecule has 0 radical (unpaired) electrons. The van der Waals surface area contributed by atoms with E-state index in [0.717, 1.165) is 0 Å². The molecule has 3 heteroatoms. The standard InChI is InChI=1S/C11H26N2O/c1-8(14)9(12-10(2,3)4)13-11(5,6)7/h8-9,12-14H,1-7H3. The summed E-state index contributed by atoms with van der Waals surface area (Å²) in [6, 6.07) is 0. The minimum Gasteiger partial charge on any atom is -0.390 e. The fourth-order valence-corrected chi connectivity index (χ4v) is 1.21. The van der Waals surface area contributed by atoms with Crippen molar-refractivity contribution in [3.8, 4) is 0 Å². The van der Waals surface area contributed by atoms with Crippen molar-refractivity contribution in [2.45, 2.75) is 71.8 Å². The highest BCUT2D eigenvalue weighted by atomic mass is 16.3. The molecule has 0 fully saturated rings. The van der Waals surface area contributed by atoms with Crippen LogP contribution in [0.15, 0.2) is 0 Å². The van der Waals surface area contributed by atoms with Crippen molar-refractivity contribution in [3.63, 3.8) is 0 Å². The Labute approximate surface area is 88.3 Å². The van der Waals surface area contributed by atoms with Gasteiger partial charge in [-0.15, -0.1) is 0 Å². The van der Waals surface area contributed by atoms with E-state index in [1.807, 2.05) is 0 Å². The van der Waals surface area contributed by atoms with E-state index in [0.29, 0.717) is 0 Å². The SMILES string of the molecule is CC(O)C(NC(C)(C)C)NC(C)(C)C. The molecular weight excluding hydrogens is 176 g/mol. The molecule has 0 saturated heterocycles. The lowest BCUT2D eigenvalue weighted by molar-refractivity contribution is 0.0938. The quantitative estimate of drug-likeness (QED) is 0.607. The van der Waals surface area contributed by atoms with Crippen LogP contribution in [0.5, 0.6) is 0 Å². The second-order valence-corrected chi connectivity index (χ2v) is 6.01. The fraction of sp³-hybridized carbons (Fsp3) is 1.00. The van der Waals surface area contributed by atoms with E-state index in [9.17, 15) is 5.11 Å². The van der Waals surface area contributed by atoms with Crippen LogP contribution in [0, 0.1) is 0 Å². The Morgan fingerprint density at radius 1 is 0.857 bits per heavy atom. The summed E-state index contributed by atoms with van der Waals surface area (Å²) >= 11 is 0. The van der Waals surface area contributed by atoms with Gasteiger partial charge in [0.2, 0.25) is 0 Å². The maximum Gasteiger partial charge on any atom is 0.0844 e. The molecule has 0 aliphatic heterocycles. The highest BCUT2D eigenvalue weighted by molar-refractivity contribution is 4.84. The molecule has 3 nitrogen and oxygen atoms in total. The number of rotatable bonds is 3. The molecule has 0 saturated carbocycles. The number of aliphatic hydroxyl groups is 1. The van der Waals surface area contributed by atoms with Gasteiger partial charge in [0, 0.05) is 11.1 Å². The molecule has 1 atom stereocenters. The van der Waals surface area contributed by atoms with Gasteiger partial charge in [0.15, 0.2) is 0 Å². The summed E-state index contributed by atoms with van der Waals surface area (Å²) in [5.74, 6) is 0. The molecule has 0 aromatic heterocycles. The average Bonchev–Trinajstić information content (AvgIpc) is 1.78. The van der Waals surface area contributed by atoms with Crippen LogP contribution in [0.3, 0.4) is 0 Å². The molecule has 0 bridgehead atoms. The van der Waals surface area contributed by atoms with E-state index in [-0.39, 0.29) is 17.2 Å². The van der Waals surface area contributed by atoms with Gasteiger partial charge in [-0.3, -0.25) is 10.6 Å². The van der Waals surface area contributed by atoms with E-state index in [4.69, 9.17) is 0 Å². The second kappa shape index (κ2) is 4.60. The zero-order chi connectivity index (χ0) is 11.6. The highest BCUT2D eigenvalue weighted by Crippen LogP contribution is 2.07. The number of hydrogen-bond acceptors (Lipinski definition) is 3. The van der Waals surface area contributed by atoms with Crippen molar-refractivity contribution in [2.24, 2.45) is 0 Å². The Balaban J connectivity index is 4.32. The van der Waals surface area contributed by atoms with E-state index in [1.54, 1.807) is 6.92 Å². The van der Waals surface area contributed by atoms with E-state index in [2.05, 4.69) is 52.2 Å². The van der Waals surface area contributed by atoms with Gasteiger partial charge in [-0.25, -0.2) is 0 Å². The molecule has 14 heavy (non-hydrogen) atoms. The molecular formula is C11H26N2O. The van der Waals surface area contributed by atoms with Crippen LogP contribution in [0.4, 0.5) is 0 Å². The van der Waals surface area contributed by atoms with Crippen LogP contribution in [-0.4, -0.2) is 28.5 Å². The second-order valence-electron chi connectivity index (χ2n) is 6.01. The highest BCUT2D eigenvalue weighted by Gasteiger charge is 2.24. The summed E-state index contributed by atoms with van der Waals surface area (Å²) < 4.78 is 0. The van der Waals surface area contributed by atoms with Crippen molar-refractivity contribution >= 4 is 0 Å².